The summed E-state index contributed by atoms with van der Waals surface area (Å²) in [5, 5.41) is 12.7. The topological polar surface area (TPSA) is 44.7 Å². The van der Waals surface area contributed by atoms with Crippen LogP contribution in [0.4, 0.5) is 5.69 Å². The molecule has 1 aromatic carbocycles. The molecule has 4 nitrogen and oxygen atoms in total. The third-order valence-corrected chi connectivity index (χ3v) is 4.11. The normalized spacial score (nSPS) is 22.1. The molecule has 0 aromatic heterocycles. The summed E-state index contributed by atoms with van der Waals surface area (Å²) in [4.78, 5) is 2.10. The molecule has 1 unspecified atom stereocenters. The second kappa shape index (κ2) is 7.07. The highest BCUT2D eigenvalue weighted by Crippen LogP contribution is 2.31. The van der Waals surface area contributed by atoms with Crippen LogP contribution in [0.2, 0.25) is 0 Å². The highest BCUT2D eigenvalue weighted by molar-refractivity contribution is 5.45. The molecule has 0 amide bonds. The molecule has 0 saturated carbocycles. The van der Waals surface area contributed by atoms with Gasteiger partial charge in [0.1, 0.15) is 0 Å². The molecular weight excluding hydrogens is 252 g/mol. The van der Waals surface area contributed by atoms with Gasteiger partial charge in [0.25, 0.3) is 0 Å². The lowest BCUT2D eigenvalue weighted by atomic mass is 9.84. The molecule has 0 spiro atoms. The number of benzene rings is 1. The Morgan fingerprint density at radius 3 is 2.60 bits per heavy atom. The van der Waals surface area contributed by atoms with Crippen molar-refractivity contribution in [2.24, 2.45) is 5.41 Å². The molecule has 0 bridgehead atoms. The fourth-order valence-electron chi connectivity index (χ4n) is 2.70. The van der Waals surface area contributed by atoms with E-state index in [1.54, 1.807) is 0 Å². The minimum atomic E-state index is 0.123. The van der Waals surface area contributed by atoms with Crippen molar-refractivity contribution in [2.45, 2.75) is 19.4 Å². The van der Waals surface area contributed by atoms with E-state index in [2.05, 4.69) is 34.5 Å². The number of aliphatic hydroxyl groups is 1. The minimum Gasteiger partial charge on any atom is -0.396 e. The van der Waals surface area contributed by atoms with Gasteiger partial charge in [0, 0.05) is 51.5 Å². The summed E-state index contributed by atoms with van der Waals surface area (Å²) in [5.74, 6) is 0. The van der Waals surface area contributed by atoms with Crippen LogP contribution in [0, 0.1) is 5.41 Å². The Hall–Kier alpha value is -1.10. The van der Waals surface area contributed by atoms with Crippen LogP contribution in [0.1, 0.15) is 18.4 Å². The van der Waals surface area contributed by atoms with E-state index in [9.17, 15) is 5.11 Å². The zero-order chi connectivity index (χ0) is 14.4. The van der Waals surface area contributed by atoms with E-state index in [-0.39, 0.29) is 12.0 Å². The highest BCUT2D eigenvalue weighted by Gasteiger charge is 2.33. The third kappa shape index (κ3) is 3.95. The Kier molecular flexibility index (Phi) is 5.40. The fourth-order valence-corrected chi connectivity index (χ4v) is 2.70. The summed E-state index contributed by atoms with van der Waals surface area (Å²) in [6.45, 7) is 3.59. The Bertz CT molecular complexity index is 397. The average Bonchev–Trinajstić information content (AvgIpc) is 2.88. The predicted molar refractivity (Wildman–Crippen MR) is 82.0 cm³/mol. The zero-order valence-corrected chi connectivity index (χ0v) is 12.6. The first-order valence-electron chi connectivity index (χ1n) is 7.31. The second-order valence-electron chi connectivity index (χ2n) is 5.94. The zero-order valence-electron chi connectivity index (χ0n) is 12.6. The van der Waals surface area contributed by atoms with E-state index in [1.807, 2.05) is 14.1 Å². The van der Waals surface area contributed by atoms with E-state index < -0.39 is 0 Å². The first kappa shape index (κ1) is 15.3. The molecule has 1 fully saturated rings. The molecule has 0 radical (unpaired) electrons. The number of anilines is 1. The van der Waals surface area contributed by atoms with E-state index in [0.29, 0.717) is 0 Å². The van der Waals surface area contributed by atoms with Crippen molar-refractivity contribution < 1.29 is 9.84 Å². The van der Waals surface area contributed by atoms with Gasteiger partial charge in [0.15, 0.2) is 0 Å². The van der Waals surface area contributed by atoms with Gasteiger partial charge in [-0.05, 0) is 30.5 Å². The molecule has 1 aliphatic rings. The summed E-state index contributed by atoms with van der Waals surface area (Å²) in [6, 6.07) is 8.59. The number of hydrogen-bond donors (Lipinski definition) is 2. The predicted octanol–water partition coefficient (Wildman–Crippen LogP) is 1.63. The van der Waals surface area contributed by atoms with Gasteiger partial charge in [-0.2, -0.15) is 0 Å². The van der Waals surface area contributed by atoms with Crippen LogP contribution in [-0.2, 0) is 11.3 Å². The number of nitrogens with one attached hydrogen (secondary N) is 1. The summed E-state index contributed by atoms with van der Waals surface area (Å²) >= 11 is 0. The van der Waals surface area contributed by atoms with Crippen LogP contribution >= 0.6 is 0 Å². The lowest BCUT2D eigenvalue weighted by Crippen LogP contribution is -2.35. The summed E-state index contributed by atoms with van der Waals surface area (Å²) in [6.07, 6.45) is 1.86. The van der Waals surface area contributed by atoms with Gasteiger partial charge >= 0.3 is 0 Å². The summed E-state index contributed by atoms with van der Waals surface area (Å²) < 4.78 is 5.50. The highest BCUT2D eigenvalue weighted by atomic mass is 16.5. The lowest BCUT2D eigenvalue weighted by molar-refractivity contribution is 0.124. The molecule has 0 aliphatic carbocycles. The summed E-state index contributed by atoms with van der Waals surface area (Å²) in [7, 11) is 4.10. The number of nitrogens with zero attached hydrogens (tertiary/aromatic N) is 1. The first-order chi connectivity index (χ1) is 9.65. The number of ether oxygens (including phenoxy) is 1. The van der Waals surface area contributed by atoms with Crippen molar-refractivity contribution in [3.63, 3.8) is 0 Å². The van der Waals surface area contributed by atoms with Gasteiger partial charge in [-0.3, -0.25) is 0 Å². The quantitative estimate of drug-likeness (QED) is 0.796. The van der Waals surface area contributed by atoms with E-state index in [4.69, 9.17) is 4.74 Å². The number of hydrogen-bond acceptors (Lipinski definition) is 4. The molecule has 1 saturated heterocycles. The van der Waals surface area contributed by atoms with Crippen molar-refractivity contribution in [1.82, 2.24) is 5.32 Å². The molecule has 1 aromatic rings. The molecule has 112 valence electrons. The Morgan fingerprint density at radius 2 is 2.05 bits per heavy atom. The molecule has 1 atom stereocenters. The maximum Gasteiger partial charge on any atom is 0.0536 e. The molecule has 1 aliphatic heterocycles. The second-order valence-corrected chi connectivity index (χ2v) is 5.94. The van der Waals surface area contributed by atoms with Crippen LogP contribution < -0.4 is 10.2 Å². The average molecular weight is 278 g/mol. The van der Waals surface area contributed by atoms with Gasteiger partial charge < -0.3 is 20.1 Å². The molecule has 2 rings (SSSR count). The first-order valence-corrected chi connectivity index (χ1v) is 7.31. The van der Waals surface area contributed by atoms with Crippen molar-refractivity contribution >= 4 is 5.69 Å². The van der Waals surface area contributed by atoms with Crippen molar-refractivity contribution in [3.05, 3.63) is 29.8 Å². The lowest BCUT2D eigenvalue weighted by Gasteiger charge is -2.27. The molecule has 1 heterocycles. The maximum absolute atomic E-state index is 9.20. The fraction of sp³-hybridized carbons (Fsp3) is 0.625. The molecule has 2 N–H and O–H groups in total. The van der Waals surface area contributed by atoms with E-state index in [0.717, 1.165) is 39.1 Å². The molecule has 20 heavy (non-hydrogen) atoms. The van der Waals surface area contributed by atoms with Crippen molar-refractivity contribution in [3.8, 4) is 0 Å². The van der Waals surface area contributed by atoms with E-state index in [1.165, 1.54) is 11.3 Å². The Labute approximate surface area is 121 Å². The van der Waals surface area contributed by atoms with Gasteiger partial charge in [0.2, 0.25) is 0 Å². The smallest absolute Gasteiger partial charge is 0.0536 e. The summed E-state index contributed by atoms with van der Waals surface area (Å²) in [5.41, 5.74) is 2.63. The van der Waals surface area contributed by atoms with Gasteiger partial charge in [-0.25, -0.2) is 0 Å². The van der Waals surface area contributed by atoms with Crippen LogP contribution in [0.3, 0.4) is 0 Å². The Balaban J connectivity index is 1.82. The van der Waals surface area contributed by atoms with Crippen molar-refractivity contribution in [2.75, 3.05) is 45.4 Å². The van der Waals surface area contributed by atoms with Gasteiger partial charge in [0.05, 0.1) is 6.61 Å². The van der Waals surface area contributed by atoms with E-state index >= 15 is 0 Å². The van der Waals surface area contributed by atoms with Crippen LogP contribution in [0.15, 0.2) is 24.3 Å². The van der Waals surface area contributed by atoms with Crippen LogP contribution in [-0.4, -0.2) is 45.6 Å². The monoisotopic (exact) mass is 278 g/mol. The SMILES string of the molecule is CN(C)c1ccc(CNCC2(CCO)CCOC2)cc1. The molecule has 4 heteroatoms. The van der Waals surface area contributed by atoms with Crippen LogP contribution in [0.25, 0.3) is 0 Å². The van der Waals surface area contributed by atoms with Crippen molar-refractivity contribution in [1.29, 1.82) is 0 Å². The molecular formula is C16H26N2O2. The largest absolute Gasteiger partial charge is 0.396 e. The number of aliphatic hydroxyl groups excluding tert-OH is 1. The Morgan fingerprint density at radius 1 is 1.30 bits per heavy atom. The van der Waals surface area contributed by atoms with Gasteiger partial charge in [-0.1, -0.05) is 12.1 Å². The maximum atomic E-state index is 9.20. The standard InChI is InChI=1S/C16H26N2O2/c1-18(2)15-5-3-14(4-6-15)11-17-12-16(7-9-19)8-10-20-13-16/h3-6,17,19H,7-13H2,1-2H3. The minimum absolute atomic E-state index is 0.123. The van der Waals surface area contributed by atoms with Crippen LogP contribution in [0.5, 0.6) is 0 Å². The third-order valence-electron chi connectivity index (χ3n) is 4.11. The van der Waals surface area contributed by atoms with Gasteiger partial charge in [-0.15, -0.1) is 0 Å². The number of rotatable bonds is 7.